The first-order valence-corrected chi connectivity index (χ1v) is 7.72. The van der Waals surface area contributed by atoms with Gasteiger partial charge in [0, 0.05) is 13.1 Å². The van der Waals surface area contributed by atoms with E-state index in [1.165, 1.54) is 18.4 Å². The molecule has 2 rings (SSSR count). The molecule has 2 heteroatoms. The predicted octanol–water partition coefficient (Wildman–Crippen LogP) is 3.40. The minimum atomic E-state index is -0.351. The minimum absolute atomic E-state index is 0.351. The van der Waals surface area contributed by atoms with Gasteiger partial charge in [0.25, 0.3) is 0 Å². The van der Waals surface area contributed by atoms with Crippen molar-refractivity contribution >= 4 is 0 Å². The van der Waals surface area contributed by atoms with Crippen LogP contribution < -0.4 is 0 Å². The zero-order chi connectivity index (χ0) is 13.7. The standard InChI is InChI=1S/C17H27NO/c1-3-11-18(12-15-5-6-15)13-17(19)16-9-7-14(4-2)8-10-16/h7-10,15,17,19H,3-6,11-13H2,1-2H3. The second-order valence-corrected chi connectivity index (χ2v) is 5.81. The highest BCUT2D eigenvalue weighted by molar-refractivity contribution is 5.24. The molecular formula is C17H27NO. The molecule has 0 amide bonds. The van der Waals surface area contributed by atoms with E-state index in [-0.39, 0.29) is 6.10 Å². The summed E-state index contributed by atoms with van der Waals surface area (Å²) in [6.07, 6.45) is 4.62. The van der Waals surface area contributed by atoms with Crippen LogP contribution in [0.15, 0.2) is 24.3 Å². The number of aliphatic hydroxyl groups excluding tert-OH is 1. The summed E-state index contributed by atoms with van der Waals surface area (Å²) in [6.45, 7) is 7.40. The van der Waals surface area contributed by atoms with E-state index >= 15 is 0 Å². The number of aliphatic hydroxyl groups is 1. The van der Waals surface area contributed by atoms with Crippen molar-refractivity contribution in [2.75, 3.05) is 19.6 Å². The van der Waals surface area contributed by atoms with Crippen LogP contribution in [-0.2, 0) is 6.42 Å². The summed E-state index contributed by atoms with van der Waals surface area (Å²) in [4.78, 5) is 2.43. The molecule has 1 fully saturated rings. The zero-order valence-corrected chi connectivity index (χ0v) is 12.3. The van der Waals surface area contributed by atoms with Gasteiger partial charge < -0.3 is 10.0 Å². The van der Waals surface area contributed by atoms with Crippen LogP contribution in [-0.4, -0.2) is 29.6 Å². The highest BCUT2D eigenvalue weighted by atomic mass is 16.3. The lowest BCUT2D eigenvalue weighted by Gasteiger charge is -2.24. The van der Waals surface area contributed by atoms with E-state index in [1.807, 2.05) is 0 Å². The zero-order valence-electron chi connectivity index (χ0n) is 12.3. The van der Waals surface area contributed by atoms with E-state index in [2.05, 4.69) is 43.0 Å². The number of hydrogen-bond donors (Lipinski definition) is 1. The second kappa shape index (κ2) is 7.06. The van der Waals surface area contributed by atoms with E-state index < -0.39 is 0 Å². The van der Waals surface area contributed by atoms with Gasteiger partial charge in [-0.15, -0.1) is 0 Å². The van der Waals surface area contributed by atoms with Crippen LogP contribution in [0.3, 0.4) is 0 Å². The van der Waals surface area contributed by atoms with Crippen molar-refractivity contribution in [3.05, 3.63) is 35.4 Å². The first-order chi connectivity index (χ1) is 9.22. The molecule has 1 aromatic rings. The summed E-state index contributed by atoms with van der Waals surface area (Å²) >= 11 is 0. The molecule has 1 saturated carbocycles. The molecule has 1 aliphatic rings. The number of benzene rings is 1. The fourth-order valence-electron chi connectivity index (χ4n) is 2.56. The van der Waals surface area contributed by atoms with Crippen molar-refractivity contribution < 1.29 is 5.11 Å². The number of nitrogens with zero attached hydrogens (tertiary/aromatic N) is 1. The van der Waals surface area contributed by atoms with Gasteiger partial charge in [-0.1, -0.05) is 38.1 Å². The molecule has 1 aliphatic carbocycles. The van der Waals surface area contributed by atoms with Crippen LogP contribution in [0.4, 0.5) is 0 Å². The summed E-state index contributed by atoms with van der Waals surface area (Å²) in [5.41, 5.74) is 2.38. The smallest absolute Gasteiger partial charge is 0.0916 e. The topological polar surface area (TPSA) is 23.5 Å². The average Bonchev–Trinajstić information content (AvgIpc) is 3.23. The van der Waals surface area contributed by atoms with E-state index in [9.17, 15) is 5.11 Å². The van der Waals surface area contributed by atoms with Crippen LogP contribution in [0.5, 0.6) is 0 Å². The Morgan fingerprint density at radius 2 is 1.89 bits per heavy atom. The fraction of sp³-hybridized carbons (Fsp3) is 0.647. The Kier molecular flexibility index (Phi) is 5.41. The van der Waals surface area contributed by atoms with Gasteiger partial charge >= 0.3 is 0 Å². The van der Waals surface area contributed by atoms with Crippen molar-refractivity contribution in [1.82, 2.24) is 4.90 Å². The molecule has 0 radical (unpaired) electrons. The fourth-order valence-corrected chi connectivity index (χ4v) is 2.56. The van der Waals surface area contributed by atoms with E-state index in [0.717, 1.165) is 44.0 Å². The van der Waals surface area contributed by atoms with Gasteiger partial charge in [0.05, 0.1) is 6.10 Å². The number of aryl methyl sites for hydroxylation is 1. The maximum absolute atomic E-state index is 10.4. The third-order valence-electron chi connectivity index (χ3n) is 3.96. The minimum Gasteiger partial charge on any atom is -0.387 e. The van der Waals surface area contributed by atoms with Crippen LogP contribution in [0.25, 0.3) is 0 Å². The van der Waals surface area contributed by atoms with E-state index in [1.54, 1.807) is 0 Å². The molecule has 0 bridgehead atoms. The molecule has 1 atom stereocenters. The SMILES string of the molecule is CCCN(CC1CC1)CC(O)c1ccc(CC)cc1. The summed E-state index contributed by atoms with van der Waals surface area (Å²) in [5, 5.41) is 10.4. The van der Waals surface area contributed by atoms with E-state index in [4.69, 9.17) is 0 Å². The van der Waals surface area contributed by atoms with Gasteiger partial charge in [0.2, 0.25) is 0 Å². The molecule has 0 aromatic heterocycles. The number of rotatable bonds is 8. The normalized spacial score (nSPS) is 16.8. The molecular weight excluding hydrogens is 234 g/mol. The molecule has 0 heterocycles. The molecule has 1 aromatic carbocycles. The first kappa shape index (κ1) is 14.5. The second-order valence-electron chi connectivity index (χ2n) is 5.81. The van der Waals surface area contributed by atoms with Gasteiger partial charge in [-0.3, -0.25) is 0 Å². The monoisotopic (exact) mass is 261 g/mol. The van der Waals surface area contributed by atoms with Crippen molar-refractivity contribution in [2.45, 2.75) is 45.6 Å². The van der Waals surface area contributed by atoms with Gasteiger partial charge in [0.15, 0.2) is 0 Å². The van der Waals surface area contributed by atoms with Crippen molar-refractivity contribution in [3.63, 3.8) is 0 Å². The Balaban J connectivity index is 1.90. The van der Waals surface area contributed by atoms with Crippen LogP contribution in [0, 0.1) is 5.92 Å². The number of hydrogen-bond acceptors (Lipinski definition) is 2. The lowest BCUT2D eigenvalue weighted by atomic mass is 10.1. The molecule has 0 aliphatic heterocycles. The van der Waals surface area contributed by atoms with Crippen LogP contribution in [0.1, 0.15) is 50.3 Å². The highest BCUT2D eigenvalue weighted by Gasteiger charge is 2.25. The Morgan fingerprint density at radius 1 is 1.21 bits per heavy atom. The molecule has 19 heavy (non-hydrogen) atoms. The third-order valence-corrected chi connectivity index (χ3v) is 3.96. The van der Waals surface area contributed by atoms with Crippen molar-refractivity contribution in [2.24, 2.45) is 5.92 Å². The molecule has 0 saturated heterocycles. The summed E-state index contributed by atoms with van der Waals surface area (Å²) in [5.74, 6) is 0.890. The quantitative estimate of drug-likeness (QED) is 0.775. The van der Waals surface area contributed by atoms with Crippen LogP contribution in [0.2, 0.25) is 0 Å². The lowest BCUT2D eigenvalue weighted by Crippen LogP contribution is -2.31. The first-order valence-electron chi connectivity index (χ1n) is 7.72. The largest absolute Gasteiger partial charge is 0.387 e. The van der Waals surface area contributed by atoms with Gasteiger partial charge in [-0.05, 0) is 49.3 Å². The van der Waals surface area contributed by atoms with Gasteiger partial charge in [-0.2, -0.15) is 0 Å². The maximum atomic E-state index is 10.4. The summed E-state index contributed by atoms with van der Waals surface area (Å²) in [7, 11) is 0. The average molecular weight is 261 g/mol. The van der Waals surface area contributed by atoms with Crippen molar-refractivity contribution in [3.8, 4) is 0 Å². The third kappa shape index (κ3) is 4.63. The van der Waals surface area contributed by atoms with Gasteiger partial charge in [-0.25, -0.2) is 0 Å². The van der Waals surface area contributed by atoms with Crippen LogP contribution >= 0.6 is 0 Å². The summed E-state index contributed by atoms with van der Waals surface area (Å²) in [6, 6.07) is 8.41. The Labute approximate surface area is 117 Å². The molecule has 0 spiro atoms. The predicted molar refractivity (Wildman–Crippen MR) is 80.2 cm³/mol. The molecule has 106 valence electrons. The maximum Gasteiger partial charge on any atom is 0.0916 e. The van der Waals surface area contributed by atoms with E-state index in [0.29, 0.717) is 0 Å². The molecule has 1 unspecified atom stereocenters. The molecule has 1 N–H and O–H groups in total. The van der Waals surface area contributed by atoms with Gasteiger partial charge in [0.1, 0.15) is 0 Å². The molecule has 2 nitrogen and oxygen atoms in total. The Morgan fingerprint density at radius 3 is 2.42 bits per heavy atom. The lowest BCUT2D eigenvalue weighted by molar-refractivity contribution is 0.110. The highest BCUT2D eigenvalue weighted by Crippen LogP contribution is 2.30. The van der Waals surface area contributed by atoms with Crippen molar-refractivity contribution in [1.29, 1.82) is 0 Å². The summed E-state index contributed by atoms with van der Waals surface area (Å²) < 4.78 is 0. The Bertz CT molecular complexity index is 369. The Hall–Kier alpha value is -0.860.